The second kappa shape index (κ2) is 11.1. The molecule has 0 fully saturated rings. The van der Waals surface area contributed by atoms with Crippen molar-refractivity contribution in [2.75, 3.05) is 14.2 Å². The molecule has 0 spiro atoms. The molecular weight excluding hydrogens is 548 g/mol. The van der Waals surface area contributed by atoms with Gasteiger partial charge in [-0.15, -0.1) is 0 Å². The summed E-state index contributed by atoms with van der Waals surface area (Å²) in [5.74, 6) is 1.77. The number of hydrogen-bond donors (Lipinski definition) is 4. The number of imidazole rings is 2. The first-order chi connectivity index (χ1) is 20.2. The van der Waals surface area contributed by atoms with Crippen LogP contribution in [0.5, 0.6) is 23.0 Å². The summed E-state index contributed by atoms with van der Waals surface area (Å²) in [5, 5.41) is 41.1. The zero-order valence-electron chi connectivity index (χ0n) is 22.1. The van der Waals surface area contributed by atoms with E-state index in [4.69, 9.17) is 9.47 Å². The van der Waals surface area contributed by atoms with Crippen molar-refractivity contribution in [2.45, 2.75) is 0 Å². The number of nitrogens with one attached hydrogen (secondary N) is 2. The fraction of sp³-hybridized carbons (Fsp3) is 0.0714. The molecule has 4 N–H and O–H groups in total. The molecule has 212 valence electrons. The second-order valence-corrected chi connectivity index (χ2v) is 8.86. The van der Waals surface area contributed by atoms with Crippen LogP contribution in [0.1, 0.15) is 0 Å². The predicted molar refractivity (Wildman–Crippen MR) is 153 cm³/mol. The third kappa shape index (κ3) is 5.44. The minimum absolute atomic E-state index is 0.00133. The van der Waals surface area contributed by atoms with E-state index < -0.39 is 9.85 Å². The molecule has 6 aromatic rings. The topological polar surface area (TPSA) is 203 Å². The van der Waals surface area contributed by atoms with Gasteiger partial charge in [0.05, 0.1) is 46.1 Å². The molecule has 14 nitrogen and oxygen atoms in total. The lowest BCUT2D eigenvalue weighted by Crippen LogP contribution is -1.86. The van der Waals surface area contributed by atoms with Crippen LogP contribution in [0.3, 0.4) is 0 Å². The van der Waals surface area contributed by atoms with Gasteiger partial charge in [-0.3, -0.25) is 20.2 Å². The largest absolute Gasteiger partial charge is 0.504 e. The number of H-pyrrole nitrogens is 2. The third-order valence-corrected chi connectivity index (χ3v) is 6.26. The number of hydrogen-bond acceptors (Lipinski definition) is 10. The lowest BCUT2D eigenvalue weighted by molar-refractivity contribution is -0.384. The quantitative estimate of drug-likeness (QED) is 0.142. The van der Waals surface area contributed by atoms with Crippen LogP contribution in [-0.2, 0) is 0 Å². The third-order valence-electron chi connectivity index (χ3n) is 6.26. The molecule has 14 heteroatoms. The summed E-state index contributed by atoms with van der Waals surface area (Å²) >= 11 is 0. The molecule has 0 bridgehead atoms. The van der Waals surface area contributed by atoms with E-state index in [9.17, 15) is 30.4 Å². The van der Waals surface area contributed by atoms with Crippen LogP contribution < -0.4 is 9.47 Å². The summed E-state index contributed by atoms with van der Waals surface area (Å²) in [5.41, 5.74) is 3.67. The molecule has 0 aliphatic rings. The number of phenolic OH excluding ortho intramolecular Hbond substituents is 2. The predicted octanol–water partition coefficient (Wildman–Crippen LogP) is 5.70. The number of benzene rings is 4. The van der Waals surface area contributed by atoms with Crippen LogP contribution in [-0.4, -0.2) is 54.2 Å². The summed E-state index contributed by atoms with van der Waals surface area (Å²) in [6.07, 6.45) is 0. The summed E-state index contributed by atoms with van der Waals surface area (Å²) in [7, 11) is 2.93. The van der Waals surface area contributed by atoms with Crippen molar-refractivity contribution in [3.8, 4) is 45.8 Å². The SMILES string of the molecule is COc1ccc(-c2nc3ccc([N+](=O)[O-])cc3[nH]2)cc1O.COc1ccc(-c2nc3ccc([N+](=O)[O-])cc3[nH]2)cc1O. The van der Waals surface area contributed by atoms with E-state index in [1.54, 1.807) is 36.4 Å². The van der Waals surface area contributed by atoms with Gasteiger partial charge in [0, 0.05) is 35.4 Å². The van der Waals surface area contributed by atoms with Crippen molar-refractivity contribution in [1.82, 2.24) is 19.9 Å². The van der Waals surface area contributed by atoms with Gasteiger partial charge >= 0.3 is 0 Å². The van der Waals surface area contributed by atoms with Crippen molar-refractivity contribution in [1.29, 1.82) is 0 Å². The van der Waals surface area contributed by atoms with Crippen LogP contribution in [0, 0.1) is 20.2 Å². The Hall–Kier alpha value is -6.18. The number of nitrogens with zero attached hydrogens (tertiary/aromatic N) is 4. The Labute approximate surface area is 236 Å². The minimum Gasteiger partial charge on any atom is -0.504 e. The molecule has 2 aromatic heterocycles. The standard InChI is InChI=1S/2C14H11N3O4/c2*1-21-13-5-2-8(6-12(13)18)14-15-10-4-3-9(17(19)20)7-11(10)16-14/h2*2-7,18H,1H3,(H,15,16). The number of methoxy groups -OCH3 is 2. The lowest BCUT2D eigenvalue weighted by atomic mass is 10.2. The lowest BCUT2D eigenvalue weighted by Gasteiger charge is -2.04. The zero-order valence-corrected chi connectivity index (χ0v) is 22.1. The maximum Gasteiger partial charge on any atom is 0.271 e. The molecule has 6 rings (SSSR count). The maximum absolute atomic E-state index is 10.8. The molecule has 0 aliphatic heterocycles. The number of aromatic amines is 2. The molecule has 4 aromatic carbocycles. The van der Waals surface area contributed by atoms with Crippen molar-refractivity contribution in [3.63, 3.8) is 0 Å². The van der Waals surface area contributed by atoms with Gasteiger partial charge in [0.15, 0.2) is 23.0 Å². The first-order valence-electron chi connectivity index (χ1n) is 12.2. The van der Waals surface area contributed by atoms with Crippen molar-refractivity contribution >= 4 is 33.4 Å². The number of non-ortho nitro benzene ring substituents is 2. The molecular formula is C28H22N6O8. The Morgan fingerprint density at radius 1 is 0.643 bits per heavy atom. The van der Waals surface area contributed by atoms with E-state index >= 15 is 0 Å². The number of ether oxygens (including phenoxy) is 2. The van der Waals surface area contributed by atoms with E-state index in [1.807, 2.05) is 0 Å². The minimum atomic E-state index is -0.459. The highest BCUT2D eigenvalue weighted by atomic mass is 16.6. The molecule has 42 heavy (non-hydrogen) atoms. The molecule has 0 aliphatic carbocycles. The highest BCUT2D eigenvalue weighted by molar-refractivity contribution is 5.82. The molecule has 0 saturated carbocycles. The Kier molecular flexibility index (Phi) is 7.26. The van der Waals surface area contributed by atoms with E-state index in [0.717, 1.165) is 0 Å². The summed E-state index contributed by atoms with van der Waals surface area (Å²) in [6, 6.07) is 18.6. The molecule has 2 heterocycles. The molecule has 0 saturated heterocycles. The van der Waals surface area contributed by atoms with Gasteiger partial charge in [-0.1, -0.05) is 0 Å². The second-order valence-electron chi connectivity index (χ2n) is 8.86. The number of rotatable bonds is 6. The summed E-state index contributed by atoms with van der Waals surface area (Å²) in [6.45, 7) is 0. The smallest absolute Gasteiger partial charge is 0.271 e. The van der Waals surface area contributed by atoms with Gasteiger partial charge in [0.1, 0.15) is 11.6 Å². The van der Waals surface area contributed by atoms with Gasteiger partial charge < -0.3 is 29.7 Å². The molecule has 0 unspecified atom stereocenters. The Morgan fingerprint density at radius 2 is 1.05 bits per heavy atom. The van der Waals surface area contributed by atoms with E-state index in [1.165, 1.54) is 50.6 Å². The number of phenols is 2. The van der Waals surface area contributed by atoms with Gasteiger partial charge in [-0.2, -0.15) is 0 Å². The number of aromatic nitrogens is 4. The van der Waals surface area contributed by atoms with Crippen molar-refractivity contribution in [2.24, 2.45) is 0 Å². The average Bonchev–Trinajstić information content (AvgIpc) is 3.61. The van der Waals surface area contributed by atoms with Crippen LogP contribution in [0.4, 0.5) is 11.4 Å². The summed E-state index contributed by atoms with van der Waals surface area (Å²) < 4.78 is 9.96. The van der Waals surface area contributed by atoms with Gasteiger partial charge in [-0.05, 0) is 48.5 Å². The monoisotopic (exact) mass is 570 g/mol. The van der Waals surface area contributed by atoms with Crippen LogP contribution in [0.25, 0.3) is 44.8 Å². The molecule has 0 atom stereocenters. The van der Waals surface area contributed by atoms with Gasteiger partial charge in [-0.25, -0.2) is 9.97 Å². The number of aromatic hydroxyl groups is 2. The Morgan fingerprint density at radius 3 is 1.38 bits per heavy atom. The van der Waals surface area contributed by atoms with E-state index in [0.29, 0.717) is 56.3 Å². The highest BCUT2D eigenvalue weighted by Crippen LogP contribution is 2.33. The molecule has 0 amide bonds. The fourth-order valence-electron chi connectivity index (χ4n) is 4.17. The maximum atomic E-state index is 10.8. The average molecular weight is 571 g/mol. The van der Waals surface area contributed by atoms with Crippen molar-refractivity contribution in [3.05, 3.63) is 93.0 Å². The zero-order chi connectivity index (χ0) is 30.0. The fourth-order valence-corrected chi connectivity index (χ4v) is 4.17. The molecule has 0 radical (unpaired) electrons. The van der Waals surface area contributed by atoms with Gasteiger partial charge in [0.2, 0.25) is 0 Å². The number of nitro groups is 2. The Balaban J connectivity index is 0.000000168. The normalized spacial score (nSPS) is 10.7. The van der Waals surface area contributed by atoms with Gasteiger partial charge in [0.25, 0.3) is 11.4 Å². The highest BCUT2D eigenvalue weighted by Gasteiger charge is 2.13. The van der Waals surface area contributed by atoms with Crippen LogP contribution >= 0.6 is 0 Å². The van der Waals surface area contributed by atoms with E-state index in [-0.39, 0.29) is 22.9 Å². The van der Waals surface area contributed by atoms with Crippen molar-refractivity contribution < 1.29 is 29.5 Å². The summed E-state index contributed by atoms with van der Waals surface area (Å²) in [4.78, 5) is 35.3. The van der Waals surface area contributed by atoms with Crippen LogP contribution in [0.15, 0.2) is 72.8 Å². The first-order valence-corrected chi connectivity index (χ1v) is 12.2. The van der Waals surface area contributed by atoms with E-state index in [2.05, 4.69) is 19.9 Å². The number of nitro benzene ring substituents is 2. The first kappa shape index (κ1) is 27.4. The Bertz CT molecular complexity index is 1820. The van der Waals surface area contributed by atoms with Crippen LogP contribution in [0.2, 0.25) is 0 Å². The number of fused-ring (bicyclic) bond motifs is 2.